The first kappa shape index (κ1) is 17.1. The lowest BCUT2D eigenvalue weighted by Gasteiger charge is -2.33. The minimum atomic E-state index is -0.323. The second kappa shape index (κ2) is 6.85. The molecule has 0 amide bonds. The van der Waals surface area contributed by atoms with Gasteiger partial charge >= 0.3 is 0 Å². The molecule has 1 saturated carbocycles. The molecule has 1 atom stereocenters. The molecule has 144 valence electrons. The van der Waals surface area contributed by atoms with Crippen molar-refractivity contribution in [2.24, 2.45) is 13.0 Å². The monoisotopic (exact) mass is 379 g/mol. The van der Waals surface area contributed by atoms with Crippen LogP contribution in [-0.4, -0.2) is 40.6 Å². The third kappa shape index (κ3) is 2.89. The quantitative estimate of drug-likeness (QED) is 0.512. The third-order valence-electron chi connectivity index (χ3n) is 5.69. The summed E-state index contributed by atoms with van der Waals surface area (Å²) >= 11 is 0. The number of nitrogens with zero attached hydrogens (tertiary/aromatic N) is 7. The fraction of sp³-hybridized carbons (Fsp3) is 0.400. The smallest absolute Gasteiger partial charge is 0.149 e. The Hall–Kier alpha value is -3.03. The molecule has 4 aromatic heterocycles. The molecule has 8 heteroatoms. The van der Waals surface area contributed by atoms with Crippen molar-refractivity contribution in [3.63, 3.8) is 0 Å². The summed E-state index contributed by atoms with van der Waals surface area (Å²) in [5.74, 6) is 1.29. The number of aryl methyl sites for hydroxylation is 1. The Labute approximate surface area is 161 Å². The van der Waals surface area contributed by atoms with Gasteiger partial charge in [0, 0.05) is 43.5 Å². The van der Waals surface area contributed by atoms with E-state index in [0.717, 1.165) is 41.1 Å². The molecule has 1 unspecified atom stereocenters. The van der Waals surface area contributed by atoms with Gasteiger partial charge in [0.15, 0.2) is 0 Å². The van der Waals surface area contributed by atoms with E-state index in [1.165, 1.54) is 6.42 Å². The van der Waals surface area contributed by atoms with Gasteiger partial charge in [0.2, 0.25) is 0 Å². The zero-order chi connectivity index (χ0) is 19.1. The fourth-order valence-electron chi connectivity index (χ4n) is 3.98. The fourth-order valence-corrected chi connectivity index (χ4v) is 3.98. The van der Waals surface area contributed by atoms with Crippen LogP contribution >= 0.6 is 0 Å². The van der Waals surface area contributed by atoms with E-state index in [4.69, 9.17) is 4.98 Å². The lowest BCUT2D eigenvalue weighted by Crippen LogP contribution is -2.26. The number of fused-ring (bicyclic) bond motifs is 1. The number of halogens is 1. The summed E-state index contributed by atoms with van der Waals surface area (Å²) in [6.07, 6.45) is 15.2. The van der Waals surface area contributed by atoms with E-state index >= 15 is 0 Å². The summed E-state index contributed by atoms with van der Waals surface area (Å²) in [5.41, 5.74) is 3.47. The highest BCUT2D eigenvalue weighted by molar-refractivity contribution is 5.68. The first-order valence-electron chi connectivity index (χ1n) is 9.66. The van der Waals surface area contributed by atoms with E-state index in [1.807, 2.05) is 47.0 Å². The van der Waals surface area contributed by atoms with Gasteiger partial charge < -0.3 is 0 Å². The molecular weight excluding hydrogens is 357 g/mol. The molecule has 0 spiro atoms. The Morgan fingerprint density at radius 3 is 2.75 bits per heavy atom. The molecule has 1 aliphatic carbocycles. The van der Waals surface area contributed by atoms with Gasteiger partial charge in [0.05, 0.1) is 36.4 Å². The molecule has 0 saturated heterocycles. The molecule has 0 radical (unpaired) electrons. The normalized spacial score (nSPS) is 15.8. The number of imidazole rings is 1. The second-order valence-corrected chi connectivity index (χ2v) is 7.47. The highest BCUT2D eigenvalue weighted by Gasteiger charge is 2.29. The maximum absolute atomic E-state index is 13.1. The first-order chi connectivity index (χ1) is 13.7. The van der Waals surface area contributed by atoms with Crippen LogP contribution in [0.5, 0.6) is 0 Å². The Bertz CT molecular complexity index is 1100. The van der Waals surface area contributed by atoms with Crippen molar-refractivity contribution >= 4 is 5.65 Å². The molecule has 0 aromatic carbocycles. The zero-order valence-corrected chi connectivity index (χ0v) is 15.7. The van der Waals surface area contributed by atoms with Crippen molar-refractivity contribution in [1.29, 1.82) is 0 Å². The topological polar surface area (TPSA) is 65.8 Å². The third-order valence-corrected chi connectivity index (χ3v) is 5.69. The van der Waals surface area contributed by atoms with Gasteiger partial charge in [-0.2, -0.15) is 10.2 Å². The van der Waals surface area contributed by atoms with Crippen LogP contribution in [0.2, 0.25) is 0 Å². The molecular formula is C20H22FN7. The molecule has 1 fully saturated rings. The highest BCUT2D eigenvalue weighted by Crippen LogP contribution is 2.38. The lowest BCUT2D eigenvalue weighted by atomic mass is 9.79. The Balaban J connectivity index is 1.57. The van der Waals surface area contributed by atoms with Crippen LogP contribution in [0, 0.1) is 5.92 Å². The Kier molecular flexibility index (Phi) is 4.18. The van der Waals surface area contributed by atoms with Crippen LogP contribution < -0.4 is 0 Å². The number of hydrogen-bond donors (Lipinski definition) is 0. The molecule has 1 aliphatic rings. The van der Waals surface area contributed by atoms with Crippen molar-refractivity contribution in [3.05, 3.63) is 43.2 Å². The van der Waals surface area contributed by atoms with Gasteiger partial charge in [-0.1, -0.05) is 6.42 Å². The van der Waals surface area contributed by atoms with E-state index in [0.29, 0.717) is 12.3 Å². The molecule has 0 bridgehead atoms. The van der Waals surface area contributed by atoms with E-state index in [-0.39, 0.29) is 12.7 Å². The van der Waals surface area contributed by atoms with Gasteiger partial charge in [-0.05, 0) is 25.2 Å². The maximum atomic E-state index is 13.1. The standard InChI is InChI=1S/C20H22FN7/c1-26-12-15(10-23-26)17-9-19-22-7-8-27(19)20(25-17)16-11-24-28(13-16)18(5-6-21)14-3-2-4-14/h7-14,18H,2-6H2,1H3. The number of alkyl halides is 1. The zero-order valence-electron chi connectivity index (χ0n) is 15.7. The Morgan fingerprint density at radius 1 is 1.18 bits per heavy atom. The van der Waals surface area contributed by atoms with Gasteiger partial charge in [0.1, 0.15) is 11.5 Å². The van der Waals surface area contributed by atoms with Gasteiger partial charge in [-0.15, -0.1) is 0 Å². The lowest BCUT2D eigenvalue weighted by molar-refractivity contribution is 0.176. The molecule has 4 heterocycles. The molecule has 4 aromatic rings. The van der Waals surface area contributed by atoms with E-state index in [1.54, 1.807) is 17.1 Å². The van der Waals surface area contributed by atoms with Crippen molar-refractivity contribution in [1.82, 2.24) is 33.9 Å². The van der Waals surface area contributed by atoms with Crippen molar-refractivity contribution in [2.45, 2.75) is 31.7 Å². The summed E-state index contributed by atoms with van der Waals surface area (Å²) in [4.78, 5) is 9.31. The van der Waals surface area contributed by atoms with Crippen LogP contribution in [0.15, 0.2) is 43.2 Å². The summed E-state index contributed by atoms with van der Waals surface area (Å²) in [6.45, 7) is -0.323. The van der Waals surface area contributed by atoms with Gasteiger partial charge in [-0.25, -0.2) is 9.97 Å². The minimum absolute atomic E-state index is 0.118. The average Bonchev–Trinajstić information content (AvgIpc) is 3.39. The molecule has 0 N–H and O–H groups in total. The van der Waals surface area contributed by atoms with Crippen LogP contribution in [0.4, 0.5) is 4.39 Å². The van der Waals surface area contributed by atoms with Crippen LogP contribution in [-0.2, 0) is 7.05 Å². The van der Waals surface area contributed by atoms with Crippen LogP contribution in [0.1, 0.15) is 31.7 Å². The predicted molar refractivity (Wildman–Crippen MR) is 103 cm³/mol. The summed E-state index contributed by atoms with van der Waals surface area (Å²) in [5, 5.41) is 8.82. The van der Waals surface area contributed by atoms with E-state index in [9.17, 15) is 4.39 Å². The summed E-state index contributed by atoms with van der Waals surface area (Å²) in [7, 11) is 1.88. The second-order valence-electron chi connectivity index (χ2n) is 7.47. The summed E-state index contributed by atoms with van der Waals surface area (Å²) < 4.78 is 18.8. The number of rotatable bonds is 6. The molecule has 5 rings (SSSR count). The number of hydrogen-bond acceptors (Lipinski definition) is 4. The number of aromatic nitrogens is 7. The van der Waals surface area contributed by atoms with E-state index < -0.39 is 0 Å². The highest BCUT2D eigenvalue weighted by atomic mass is 19.1. The molecule has 7 nitrogen and oxygen atoms in total. The Morgan fingerprint density at radius 2 is 2.04 bits per heavy atom. The van der Waals surface area contributed by atoms with Crippen molar-refractivity contribution in [3.8, 4) is 22.6 Å². The minimum Gasteiger partial charge on any atom is -0.284 e. The molecule has 0 aliphatic heterocycles. The largest absolute Gasteiger partial charge is 0.284 e. The van der Waals surface area contributed by atoms with Crippen molar-refractivity contribution in [2.75, 3.05) is 6.67 Å². The SMILES string of the molecule is Cn1cc(-c2cc3nccn3c(-c3cnn(C(CCF)C4CCC4)c3)n2)cn1. The first-order valence-corrected chi connectivity index (χ1v) is 9.66. The van der Waals surface area contributed by atoms with Crippen LogP contribution in [0.3, 0.4) is 0 Å². The molecule has 28 heavy (non-hydrogen) atoms. The van der Waals surface area contributed by atoms with Gasteiger partial charge in [0.25, 0.3) is 0 Å². The van der Waals surface area contributed by atoms with E-state index in [2.05, 4.69) is 15.2 Å². The maximum Gasteiger partial charge on any atom is 0.149 e. The van der Waals surface area contributed by atoms with Gasteiger partial charge in [-0.3, -0.25) is 18.2 Å². The van der Waals surface area contributed by atoms with Crippen LogP contribution in [0.25, 0.3) is 28.3 Å². The predicted octanol–water partition coefficient (Wildman–Crippen LogP) is 3.69. The van der Waals surface area contributed by atoms with Crippen molar-refractivity contribution < 1.29 is 4.39 Å². The average molecular weight is 379 g/mol. The summed E-state index contributed by atoms with van der Waals surface area (Å²) in [6, 6.07) is 2.07.